The normalized spacial score (nSPS) is 12.3. The fourth-order valence-corrected chi connectivity index (χ4v) is 3.44. The zero-order valence-electron chi connectivity index (χ0n) is 13.4. The van der Waals surface area contributed by atoms with Crippen molar-refractivity contribution in [2.24, 2.45) is 0 Å². The van der Waals surface area contributed by atoms with Crippen LogP contribution in [0, 0.1) is 0 Å². The molecule has 0 unspecified atom stereocenters. The summed E-state index contributed by atoms with van der Waals surface area (Å²) in [4.78, 5) is 21.1. The summed E-state index contributed by atoms with van der Waals surface area (Å²) in [6, 6.07) is 11.3. The molecule has 3 rings (SSSR count). The first-order valence-electron chi connectivity index (χ1n) is 7.63. The van der Waals surface area contributed by atoms with Gasteiger partial charge in [-0.05, 0) is 38.1 Å². The van der Waals surface area contributed by atoms with E-state index in [0.717, 1.165) is 22.7 Å². The lowest BCUT2D eigenvalue weighted by Crippen LogP contribution is -2.23. The molecule has 7 heteroatoms. The van der Waals surface area contributed by atoms with Crippen LogP contribution in [0.25, 0.3) is 11.0 Å². The molecule has 1 N–H and O–H groups in total. The van der Waals surface area contributed by atoms with E-state index in [-0.39, 0.29) is 11.2 Å². The van der Waals surface area contributed by atoms with Gasteiger partial charge in [-0.25, -0.2) is 9.97 Å². The van der Waals surface area contributed by atoms with E-state index >= 15 is 0 Å². The van der Waals surface area contributed by atoms with E-state index in [0.29, 0.717) is 10.8 Å². The Morgan fingerprint density at radius 1 is 1.33 bits per heavy atom. The first-order chi connectivity index (χ1) is 11.6. The van der Waals surface area contributed by atoms with Crippen LogP contribution in [0.15, 0.2) is 47.8 Å². The Hall–Kier alpha value is -2.05. The van der Waals surface area contributed by atoms with Crippen LogP contribution in [0.5, 0.6) is 0 Å². The lowest BCUT2D eigenvalue weighted by molar-refractivity contribution is -0.115. The smallest absolute Gasteiger partial charge is 0.238 e. The van der Waals surface area contributed by atoms with Crippen molar-refractivity contribution < 1.29 is 4.79 Å². The molecule has 1 atom stereocenters. The summed E-state index contributed by atoms with van der Waals surface area (Å²) in [7, 11) is 0. The molecule has 3 aromatic rings. The molecule has 0 aliphatic carbocycles. The Labute approximate surface area is 149 Å². The molecular weight excluding hydrogens is 344 g/mol. The minimum absolute atomic E-state index is 0.121. The molecule has 0 aliphatic heterocycles. The number of para-hydroxylation sites is 2. The van der Waals surface area contributed by atoms with Crippen LogP contribution in [0.3, 0.4) is 0 Å². The highest BCUT2D eigenvalue weighted by molar-refractivity contribution is 8.00. The van der Waals surface area contributed by atoms with Crippen molar-refractivity contribution in [3.8, 4) is 0 Å². The monoisotopic (exact) mass is 360 g/mol. The number of pyridine rings is 1. The van der Waals surface area contributed by atoms with Gasteiger partial charge in [0.05, 0.1) is 21.3 Å². The van der Waals surface area contributed by atoms with Crippen LogP contribution >= 0.6 is 23.4 Å². The van der Waals surface area contributed by atoms with E-state index < -0.39 is 0 Å². The van der Waals surface area contributed by atoms with E-state index in [1.165, 1.54) is 18.0 Å². The SMILES string of the molecule is CCn1c(S[C@@H](C)C(=O)Nc2ccc(Cl)cn2)nc2ccccc21. The minimum atomic E-state index is -0.301. The number of rotatable bonds is 5. The second kappa shape index (κ2) is 7.23. The minimum Gasteiger partial charge on any atom is -0.319 e. The van der Waals surface area contributed by atoms with Gasteiger partial charge in [0.25, 0.3) is 0 Å². The molecule has 1 aromatic carbocycles. The molecule has 0 aliphatic rings. The van der Waals surface area contributed by atoms with Crippen molar-refractivity contribution >= 4 is 46.1 Å². The number of nitrogens with one attached hydrogen (secondary N) is 1. The quantitative estimate of drug-likeness (QED) is 0.692. The lowest BCUT2D eigenvalue weighted by Gasteiger charge is -2.12. The number of hydrogen-bond acceptors (Lipinski definition) is 4. The highest BCUT2D eigenvalue weighted by atomic mass is 35.5. The number of thioether (sulfide) groups is 1. The molecule has 0 bridgehead atoms. The van der Waals surface area contributed by atoms with Crippen molar-refractivity contribution in [2.75, 3.05) is 5.32 Å². The number of amides is 1. The van der Waals surface area contributed by atoms with Gasteiger partial charge in [0.1, 0.15) is 5.82 Å². The van der Waals surface area contributed by atoms with Gasteiger partial charge < -0.3 is 9.88 Å². The van der Waals surface area contributed by atoms with Crippen LogP contribution < -0.4 is 5.32 Å². The number of hydrogen-bond donors (Lipinski definition) is 1. The summed E-state index contributed by atoms with van der Waals surface area (Å²) < 4.78 is 2.12. The van der Waals surface area contributed by atoms with E-state index in [1.807, 2.05) is 31.2 Å². The number of aryl methyl sites for hydroxylation is 1. The van der Waals surface area contributed by atoms with Crippen molar-refractivity contribution in [3.05, 3.63) is 47.6 Å². The summed E-state index contributed by atoms with van der Waals surface area (Å²) in [5, 5.41) is 3.87. The Bertz CT molecular complexity index is 863. The fourth-order valence-electron chi connectivity index (χ4n) is 2.34. The second-order valence-electron chi connectivity index (χ2n) is 5.24. The average molecular weight is 361 g/mol. The molecule has 2 heterocycles. The third-order valence-electron chi connectivity index (χ3n) is 3.57. The van der Waals surface area contributed by atoms with Crippen LogP contribution in [-0.2, 0) is 11.3 Å². The molecule has 0 fully saturated rings. The second-order valence-corrected chi connectivity index (χ2v) is 6.98. The Balaban J connectivity index is 1.75. The molecule has 0 saturated carbocycles. The van der Waals surface area contributed by atoms with Crippen molar-refractivity contribution in [3.63, 3.8) is 0 Å². The number of fused-ring (bicyclic) bond motifs is 1. The van der Waals surface area contributed by atoms with Gasteiger partial charge in [0.15, 0.2) is 5.16 Å². The third-order valence-corrected chi connectivity index (χ3v) is 4.88. The van der Waals surface area contributed by atoms with Crippen molar-refractivity contribution in [2.45, 2.75) is 30.8 Å². The van der Waals surface area contributed by atoms with Gasteiger partial charge in [-0.2, -0.15) is 0 Å². The maximum absolute atomic E-state index is 12.4. The standard InChI is InChI=1S/C17H17ClN4OS/c1-3-22-14-7-5-4-6-13(14)20-17(22)24-11(2)16(23)21-15-9-8-12(18)10-19-15/h4-11H,3H2,1-2H3,(H,19,21,23)/t11-/m0/s1. The number of anilines is 1. The average Bonchev–Trinajstić information content (AvgIpc) is 2.93. The molecule has 5 nitrogen and oxygen atoms in total. The highest BCUT2D eigenvalue weighted by Crippen LogP contribution is 2.27. The molecule has 1 amide bonds. The zero-order chi connectivity index (χ0) is 17.1. The number of carbonyl (C=O) groups is 1. The summed E-state index contributed by atoms with van der Waals surface area (Å²) >= 11 is 7.24. The van der Waals surface area contributed by atoms with Crippen molar-refractivity contribution in [1.82, 2.24) is 14.5 Å². The Kier molecular flexibility index (Phi) is 5.06. The number of nitrogens with zero attached hydrogens (tertiary/aromatic N) is 3. The number of halogens is 1. The Morgan fingerprint density at radius 3 is 2.83 bits per heavy atom. The maximum Gasteiger partial charge on any atom is 0.238 e. The summed E-state index contributed by atoms with van der Waals surface area (Å²) in [6.45, 7) is 4.73. The first kappa shape index (κ1) is 16.8. The van der Waals surface area contributed by atoms with Gasteiger partial charge in [-0.3, -0.25) is 4.79 Å². The first-order valence-corrected chi connectivity index (χ1v) is 8.88. The fraction of sp³-hybridized carbons (Fsp3) is 0.235. The third kappa shape index (κ3) is 3.55. The highest BCUT2D eigenvalue weighted by Gasteiger charge is 2.19. The van der Waals surface area contributed by atoms with Gasteiger partial charge in [0.2, 0.25) is 5.91 Å². The number of imidazole rings is 1. The van der Waals surface area contributed by atoms with Gasteiger partial charge in [-0.15, -0.1) is 0 Å². The predicted molar refractivity (Wildman–Crippen MR) is 98.6 cm³/mol. The van der Waals surface area contributed by atoms with Gasteiger partial charge in [0, 0.05) is 12.7 Å². The molecule has 0 radical (unpaired) electrons. The molecule has 0 spiro atoms. The molecule has 0 saturated heterocycles. The van der Waals surface area contributed by atoms with Crippen LogP contribution in [0.2, 0.25) is 5.02 Å². The maximum atomic E-state index is 12.4. The summed E-state index contributed by atoms with van der Waals surface area (Å²) in [6.07, 6.45) is 1.51. The number of carbonyl (C=O) groups excluding carboxylic acids is 1. The number of aromatic nitrogens is 3. The predicted octanol–water partition coefficient (Wildman–Crippen LogP) is 4.22. The van der Waals surface area contributed by atoms with Gasteiger partial charge in [-0.1, -0.05) is 35.5 Å². The topological polar surface area (TPSA) is 59.8 Å². The van der Waals surface area contributed by atoms with E-state index in [9.17, 15) is 4.79 Å². The van der Waals surface area contributed by atoms with Gasteiger partial charge >= 0.3 is 0 Å². The molecule has 24 heavy (non-hydrogen) atoms. The largest absolute Gasteiger partial charge is 0.319 e. The zero-order valence-corrected chi connectivity index (χ0v) is 14.9. The molecule has 2 aromatic heterocycles. The van der Waals surface area contributed by atoms with Crippen LogP contribution in [0.4, 0.5) is 5.82 Å². The van der Waals surface area contributed by atoms with E-state index in [1.54, 1.807) is 12.1 Å². The van der Waals surface area contributed by atoms with Crippen LogP contribution in [0.1, 0.15) is 13.8 Å². The van der Waals surface area contributed by atoms with Crippen molar-refractivity contribution in [1.29, 1.82) is 0 Å². The van der Waals surface area contributed by atoms with E-state index in [2.05, 4.69) is 26.8 Å². The summed E-state index contributed by atoms with van der Waals surface area (Å²) in [5.74, 6) is 0.366. The lowest BCUT2D eigenvalue weighted by atomic mass is 10.3. The summed E-state index contributed by atoms with van der Waals surface area (Å²) in [5.41, 5.74) is 2.02. The molecular formula is C17H17ClN4OS. The van der Waals surface area contributed by atoms with E-state index in [4.69, 9.17) is 11.6 Å². The van der Waals surface area contributed by atoms with Crippen LogP contribution in [-0.4, -0.2) is 25.7 Å². The molecule has 124 valence electrons. The number of benzene rings is 1. The Morgan fingerprint density at radius 2 is 2.12 bits per heavy atom.